The maximum Gasteiger partial charge on any atom is 0.319 e. The number of likely N-dealkylation sites (tertiary alicyclic amines) is 1. The molecule has 1 fully saturated rings. The molecule has 3 amide bonds. The zero-order valence-electron chi connectivity index (χ0n) is 17.0. The third-order valence-corrected chi connectivity index (χ3v) is 6.73. The average molecular weight is 450 g/mol. The topological polar surface area (TPSA) is 110 Å². The minimum absolute atomic E-state index is 0.255. The van der Waals surface area contributed by atoms with Crippen molar-refractivity contribution in [2.24, 2.45) is 5.73 Å². The van der Waals surface area contributed by atoms with Crippen LogP contribution in [0.3, 0.4) is 0 Å². The number of rotatable bonds is 10. The highest BCUT2D eigenvalue weighted by Gasteiger charge is 2.21. The van der Waals surface area contributed by atoms with Crippen LogP contribution in [0.5, 0.6) is 5.75 Å². The van der Waals surface area contributed by atoms with Gasteiger partial charge in [0.25, 0.3) is 5.91 Å². The quantitative estimate of drug-likeness (QED) is 0.380. The van der Waals surface area contributed by atoms with Crippen LogP contribution in [0.15, 0.2) is 29.3 Å². The van der Waals surface area contributed by atoms with Gasteiger partial charge in [-0.3, -0.25) is 10.1 Å². The first kappa shape index (κ1) is 22.4. The molecule has 0 aliphatic carbocycles. The predicted molar refractivity (Wildman–Crippen MR) is 120 cm³/mol. The number of amides is 3. The minimum atomic E-state index is -0.606. The number of hydrogen-bond acceptors (Lipinski definition) is 7. The van der Waals surface area contributed by atoms with Crippen molar-refractivity contribution in [3.05, 3.63) is 35.4 Å². The summed E-state index contributed by atoms with van der Waals surface area (Å²) in [5, 5.41) is 6.44. The summed E-state index contributed by atoms with van der Waals surface area (Å²) in [7, 11) is 1.62. The van der Waals surface area contributed by atoms with Crippen molar-refractivity contribution in [2.75, 3.05) is 38.6 Å². The summed E-state index contributed by atoms with van der Waals surface area (Å²) in [4.78, 5) is 26.6. The number of nitrogens with zero attached hydrogens (tertiary/aromatic N) is 2. The Labute approximate surface area is 184 Å². The number of nitrogens with one attached hydrogen (secondary N) is 2. The summed E-state index contributed by atoms with van der Waals surface area (Å²) in [6, 6.07) is 7.32. The molecule has 0 unspecified atom stereocenters. The van der Waals surface area contributed by atoms with Crippen LogP contribution < -0.4 is 21.1 Å². The van der Waals surface area contributed by atoms with Crippen LogP contribution in [0.4, 0.5) is 9.80 Å². The van der Waals surface area contributed by atoms with E-state index < -0.39 is 5.91 Å². The summed E-state index contributed by atoms with van der Waals surface area (Å²) in [5.41, 5.74) is 6.87. The minimum Gasteiger partial charge on any atom is -0.497 e. The SMILES string of the molecule is COc1ccc(CSc2nsc(NC(=O)NCCCN3CCCC3)c2C(N)=O)cc1. The third kappa shape index (κ3) is 6.35. The highest BCUT2D eigenvalue weighted by molar-refractivity contribution is 7.98. The van der Waals surface area contributed by atoms with E-state index in [1.165, 1.54) is 24.6 Å². The van der Waals surface area contributed by atoms with Crippen LogP contribution in [0.1, 0.15) is 35.2 Å². The molecule has 10 heteroatoms. The summed E-state index contributed by atoms with van der Waals surface area (Å²) in [6.07, 6.45) is 3.41. The van der Waals surface area contributed by atoms with Gasteiger partial charge in [0, 0.05) is 12.3 Å². The van der Waals surface area contributed by atoms with Gasteiger partial charge in [-0.2, -0.15) is 4.37 Å². The summed E-state index contributed by atoms with van der Waals surface area (Å²) < 4.78 is 9.47. The molecule has 1 aliphatic rings. The van der Waals surface area contributed by atoms with E-state index in [0.29, 0.717) is 22.3 Å². The van der Waals surface area contributed by atoms with Crippen LogP contribution in [-0.2, 0) is 5.75 Å². The number of nitrogens with two attached hydrogens (primary N) is 1. The van der Waals surface area contributed by atoms with Crippen LogP contribution >= 0.6 is 23.3 Å². The number of benzene rings is 1. The molecule has 1 aliphatic heterocycles. The molecule has 0 spiro atoms. The van der Waals surface area contributed by atoms with Crippen molar-refractivity contribution in [1.29, 1.82) is 0 Å². The molecule has 162 valence electrons. The number of hydrogen-bond donors (Lipinski definition) is 3. The summed E-state index contributed by atoms with van der Waals surface area (Å²) in [5.74, 6) is 0.800. The zero-order chi connectivity index (χ0) is 21.3. The van der Waals surface area contributed by atoms with Gasteiger partial charge in [-0.15, -0.1) is 0 Å². The highest BCUT2D eigenvalue weighted by Crippen LogP contribution is 2.33. The Bertz CT molecular complexity index is 851. The molecule has 2 aromatic rings. The molecule has 3 rings (SSSR count). The molecule has 4 N–H and O–H groups in total. The molecule has 0 saturated carbocycles. The van der Waals surface area contributed by atoms with E-state index in [4.69, 9.17) is 10.5 Å². The van der Waals surface area contributed by atoms with Gasteiger partial charge in [0.05, 0.1) is 7.11 Å². The molecule has 30 heavy (non-hydrogen) atoms. The maximum atomic E-state index is 12.2. The van der Waals surface area contributed by atoms with E-state index in [1.807, 2.05) is 24.3 Å². The first-order valence-corrected chi connectivity index (χ1v) is 11.6. The van der Waals surface area contributed by atoms with Crippen LogP contribution in [0.25, 0.3) is 0 Å². The van der Waals surface area contributed by atoms with Crippen LogP contribution in [-0.4, -0.2) is 54.5 Å². The molecule has 0 atom stereocenters. The fraction of sp³-hybridized carbons (Fsp3) is 0.450. The Hall–Kier alpha value is -2.30. The number of anilines is 1. The molecule has 1 aromatic carbocycles. The van der Waals surface area contributed by atoms with E-state index in [-0.39, 0.29) is 11.6 Å². The molecular formula is C20H27N5O3S2. The number of primary amides is 1. The van der Waals surface area contributed by atoms with Gasteiger partial charge in [0.15, 0.2) is 0 Å². The van der Waals surface area contributed by atoms with Crippen molar-refractivity contribution >= 4 is 40.2 Å². The number of carbonyl (C=O) groups excluding carboxylic acids is 2. The molecule has 8 nitrogen and oxygen atoms in total. The Morgan fingerprint density at radius 2 is 2.00 bits per heavy atom. The van der Waals surface area contributed by atoms with Gasteiger partial charge in [-0.1, -0.05) is 23.9 Å². The normalized spacial score (nSPS) is 13.9. The van der Waals surface area contributed by atoms with Gasteiger partial charge in [0.2, 0.25) is 0 Å². The molecule has 0 bridgehead atoms. The number of carbonyl (C=O) groups is 2. The van der Waals surface area contributed by atoms with E-state index in [1.54, 1.807) is 7.11 Å². The van der Waals surface area contributed by atoms with Gasteiger partial charge in [-0.05, 0) is 68.1 Å². The Balaban J connectivity index is 1.51. The number of thioether (sulfide) groups is 1. The lowest BCUT2D eigenvalue weighted by Gasteiger charge is -2.14. The van der Waals surface area contributed by atoms with E-state index in [0.717, 1.165) is 48.9 Å². The lowest BCUT2D eigenvalue weighted by molar-refractivity contribution is 0.0998. The van der Waals surface area contributed by atoms with Gasteiger partial charge in [0.1, 0.15) is 21.3 Å². The van der Waals surface area contributed by atoms with Crippen molar-refractivity contribution in [2.45, 2.75) is 30.0 Å². The number of aromatic nitrogens is 1. The number of methoxy groups -OCH3 is 1. The fourth-order valence-electron chi connectivity index (χ4n) is 3.21. The van der Waals surface area contributed by atoms with Crippen molar-refractivity contribution in [3.8, 4) is 5.75 Å². The van der Waals surface area contributed by atoms with E-state index in [9.17, 15) is 9.59 Å². The Morgan fingerprint density at radius 1 is 1.27 bits per heavy atom. The molecular weight excluding hydrogens is 422 g/mol. The molecule has 2 heterocycles. The molecule has 1 saturated heterocycles. The van der Waals surface area contributed by atoms with E-state index >= 15 is 0 Å². The van der Waals surface area contributed by atoms with Crippen LogP contribution in [0.2, 0.25) is 0 Å². The fourth-order valence-corrected chi connectivity index (χ4v) is 5.13. The maximum absolute atomic E-state index is 12.2. The van der Waals surface area contributed by atoms with Gasteiger partial charge < -0.3 is 20.7 Å². The predicted octanol–water partition coefficient (Wildman–Crippen LogP) is 3.15. The van der Waals surface area contributed by atoms with Crippen molar-refractivity contribution < 1.29 is 14.3 Å². The second kappa shape index (κ2) is 11.2. The molecule has 1 aromatic heterocycles. The summed E-state index contributed by atoms with van der Waals surface area (Å²) in [6.45, 7) is 3.85. The Morgan fingerprint density at radius 3 is 2.67 bits per heavy atom. The lowest BCUT2D eigenvalue weighted by Crippen LogP contribution is -2.32. The summed E-state index contributed by atoms with van der Waals surface area (Å²) >= 11 is 2.47. The second-order valence-electron chi connectivity index (χ2n) is 6.98. The largest absolute Gasteiger partial charge is 0.497 e. The first-order chi connectivity index (χ1) is 14.6. The van der Waals surface area contributed by atoms with Crippen molar-refractivity contribution in [1.82, 2.24) is 14.6 Å². The lowest BCUT2D eigenvalue weighted by atomic mass is 10.2. The highest BCUT2D eigenvalue weighted by atomic mass is 32.2. The standard InChI is InChI=1S/C20H27N5O3S2/c1-28-15-7-5-14(6-8-15)13-29-19-16(17(21)26)18(30-24-19)23-20(27)22-9-4-12-25-10-2-3-11-25/h5-8H,2-4,9-13H2,1H3,(H2,21,26)(H2,22,23,27). The van der Waals surface area contributed by atoms with Gasteiger partial charge in [-0.25, -0.2) is 4.79 Å². The van der Waals surface area contributed by atoms with Crippen LogP contribution in [0, 0.1) is 0 Å². The third-order valence-electron chi connectivity index (χ3n) is 4.80. The van der Waals surface area contributed by atoms with Crippen molar-refractivity contribution in [3.63, 3.8) is 0 Å². The zero-order valence-corrected chi connectivity index (χ0v) is 18.6. The molecule has 0 radical (unpaired) electrons. The first-order valence-electron chi connectivity index (χ1n) is 9.89. The number of ether oxygens (including phenoxy) is 1. The van der Waals surface area contributed by atoms with Gasteiger partial charge >= 0.3 is 6.03 Å². The second-order valence-corrected chi connectivity index (χ2v) is 8.71. The monoisotopic (exact) mass is 449 g/mol. The average Bonchev–Trinajstić information content (AvgIpc) is 3.40. The number of urea groups is 1. The van der Waals surface area contributed by atoms with E-state index in [2.05, 4.69) is 19.9 Å². The Kier molecular flexibility index (Phi) is 8.35. The smallest absolute Gasteiger partial charge is 0.319 e.